The predicted molar refractivity (Wildman–Crippen MR) is 142 cm³/mol. The van der Waals surface area contributed by atoms with Crippen LogP contribution in [-0.2, 0) is 4.79 Å². The van der Waals surface area contributed by atoms with Crippen molar-refractivity contribution in [2.24, 2.45) is 0 Å². The Morgan fingerprint density at radius 3 is 2.44 bits per heavy atom. The molecule has 36 heavy (non-hydrogen) atoms. The summed E-state index contributed by atoms with van der Waals surface area (Å²) in [6, 6.07) is 8.21. The molecular weight excluding hydrogens is 476 g/mol. The van der Waals surface area contributed by atoms with Gasteiger partial charge in [0.2, 0.25) is 0 Å². The number of nitrogens with zero attached hydrogens (tertiary/aromatic N) is 6. The largest absolute Gasteiger partial charge is 0.387 e. The van der Waals surface area contributed by atoms with Crippen LogP contribution in [0.3, 0.4) is 0 Å². The molecule has 1 aliphatic carbocycles. The average Bonchev–Trinajstić information content (AvgIpc) is 3.48. The molecule has 194 valence electrons. The molecule has 2 fully saturated rings. The van der Waals surface area contributed by atoms with Gasteiger partial charge >= 0.3 is 0 Å². The zero-order valence-electron chi connectivity index (χ0n) is 21.4. The van der Waals surface area contributed by atoms with E-state index in [1.54, 1.807) is 6.33 Å². The minimum atomic E-state index is -0.505. The maximum Gasteiger partial charge on any atom is 0.135 e. The summed E-state index contributed by atoms with van der Waals surface area (Å²) in [5.74, 6) is 0.945. The summed E-state index contributed by atoms with van der Waals surface area (Å²) in [4.78, 5) is 31.2. The fourth-order valence-corrected chi connectivity index (χ4v) is 6.40. The van der Waals surface area contributed by atoms with Gasteiger partial charge in [-0.15, -0.1) is 0 Å². The molecule has 1 aromatic heterocycles. The van der Waals surface area contributed by atoms with Gasteiger partial charge < -0.3 is 19.7 Å². The number of carbonyl (C=O) groups is 1. The van der Waals surface area contributed by atoms with E-state index < -0.39 is 6.10 Å². The van der Waals surface area contributed by atoms with E-state index in [4.69, 9.17) is 11.6 Å². The van der Waals surface area contributed by atoms with Crippen molar-refractivity contribution in [2.75, 3.05) is 58.3 Å². The third-order valence-corrected chi connectivity index (χ3v) is 8.54. The van der Waals surface area contributed by atoms with Gasteiger partial charge in [-0.3, -0.25) is 9.80 Å². The fourth-order valence-electron chi connectivity index (χ4n) is 6.27. The number of fused-ring (bicyclic) bond motifs is 1. The smallest absolute Gasteiger partial charge is 0.135 e. The highest BCUT2D eigenvalue weighted by molar-refractivity contribution is 6.30. The maximum absolute atomic E-state index is 12.6. The van der Waals surface area contributed by atoms with Crippen LogP contribution >= 0.6 is 11.6 Å². The Labute approximate surface area is 218 Å². The fraction of sp³-hybridized carbons (Fsp3) is 0.593. The van der Waals surface area contributed by atoms with Crippen LogP contribution in [0.1, 0.15) is 54.5 Å². The van der Waals surface area contributed by atoms with Crippen LogP contribution in [-0.4, -0.2) is 102 Å². The van der Waals surface area contributed by atoms with Crippen molar-refractivity contribution in [1.29, 1.82) is 0 Å². The van der Waals surface area contributed by atoms with Gasteiger partial charge in [-0.25, -0.2) is 9.97 Å². The molecule has 9 heteroatoms. The molecule has 0 radical (unpaired) electrons. The first-order valence-electron chi connectivity index (χ1n) is 13.0. The monoisotopic (exact) mass is 512 g/mol. The number of halogens is 1. The van der Waals surface area contributed by atoms with Crippen LogP contribution in [0.2, 0.25) is 5.02 Å². The second-order valence-corrected chi connectivity index (χ2v) is 11.1. The Balaban J connectivity index is 1.38. The minimum Gasteiger partial charge on any atom is -0.387 e. The number of aliphatic hydroxyl groups is 1. The summed E-state index contributed by atoms with van der Waals surface area (Å²) in [5.41, 5.74) is 2.88. The van der Waals surface area contributed by atoms with E-state index >= 15 is 0 Å². The number of aliphatic hydroxyl groups excluding tert-OH is 1. The van der Waals surface area contributed by atoms with Crippen LogP contribution in [0.25, 0.3) is 0 Å². The van der Waals surface area contributed by atoms with Crippen LogP contribution in [0.4, 0.5) is 5.82 Å². The van der Waals surface area contributed by atoms with Crippen molar-refractivity contribution >= 4 is 23.7 Å². The van der Waals surface area contributed by atoms with Crippen molar-refractivity contribution in [3.05, 3.63) is 52.4 Å². The molecule has 0 amide bonds. The Morgan fingerprint density at radius 1 is 1.08 bits per heavy atom. The SMILES string of the molecule is C[C@@H]1C[C@@H](O)c2ncnc(N3CCN(C(C(C=O)c4ccc(Cl)cc4)N4CC[C@H](N(C)C)C4)CC3)c21. The summed E-state index contributed by atoms with van der Waals surface area (Å²) in [7, 11) is 4.27. The van der Waals surface area contributed by atoms with Gasteiger partial charge in [0.25, 0.3) is 0 Å². The van der Waals surface area contributed by atoms with Crippen LogP contribution in [0.15, 0.2) is 30.6 Å². The van der Waals surface area contributed by atoms with Gasteiger partial charge in [-0.1, -0.05) is 30.7 Å². The van der Waals surface area contributed by atoms with Crippen molar-refractivity contribution in [1.82, 2.24) is 24.7 Å². The number of hydrogen-bond donors (Lipinski definition) is 1. The molecule has 5 rings (SSSR count). The third kappa shape index (κ3) is 4.89. The molecule has 3 heterocycles. The third-order valence-electron chi connectivity index (χ3n) is 8.29. The Morgan fingerprint density at radius 2 is 1.81 bits per heavy atom. The molecule has 8 nitrogen and oxygen atoms in total. The first-order chi connectivity index (χ1) is 17.4. The number of aromatic nitrogens is 2. The quantitative estimate of drug-likeness (QED) is 0.568. The maximum atomic E-state index is 12.6. The number of aldehydes is 1. The molecule has 5 atom stereocenters. The highest BCUT2D eigenvalue weighted by atomic mass is 35.5. The number of carbonyl (C=O) groups excluding carboxylic acids is 1. The Kier molecular flexibility index (Phi) is 7.60. The minimum absolute atomic E-state index is 0.00682. The molecular formula is C27H37ClN6O2. The molecule has 3 aliphatic rings. The van der Waals surface area contributed by atoms with Gasteiger partial charge in [0.15, 0.2) is 0 Å². The predicted octanol–water partition coefficient (Wildman–Crippen LogP) is 2.74. The molecule has 0 spiro atoms. The van der Waals surface area contributed by atoms with Crippen molar-refractivity contribution in [3.8, 4) is 0 Å². The van der Waals surface area contributed by atoms with Gasteiger partial charge in [-0.2, -0.15) is 0 Å². The average molecular weight is 513 g/mol. The first kappa shape index (κ1) is 25.5. The number of benzene rings is 1. The van der Waals surface area contributed by atoms with Gasteiger partial charge in [0, 0.05) is 55.9 Å². The highest BCUT2D eigenvalue weighted by Gasteiger charge is 2.40. The molecule has 0 saturated carbocycles. The molecule has 2 saturated heterocycles. The molecule has 2 aliphatic heterocycles. The summed E-state index contributed by atoms with van der Waals surface area (Å²) < 4.78 is 0. The summed E-state index contributed by atoms with van der Waals surface area (Å²) in [6.07, 6.45) is 3.99. The van der Waals surface area contributed by atoms with E-state index in [2.05, 4.69) is 50.6 Å². The lowest BCUT2D eigenvalue weighted by Gasteiger charge is -2.45. The number of hydrogen-bond acceptors (Lipinski definition) is 8. The normalized spacial score (nSPS) is 26.8. The second kappa shape index (κ2) is 10.7. The van der Waals surface area contributed by atoms with Crippen molar-refractivity contribution in [2.45, 2.75) is 49.9 Å². The molecule has 1 N–H and O–H groups in total. The molecule has 1 aromatic carbocycles. The summed E-state index contributed by atoms with van der Waals surface area (Å²) in [6.45, 7) is 7.37. The Hall–Kier alpha value is -2.10. The topological polar surface area (TPSA) is 76.0 Å². The standard InChI is InChI=1S/C27H37ClN6O2/c1-18-14-23(36)25-24(18)26(30-17-29-25)32-10-12-33(13-11-32)27(34-9-8-21(15-34)31(2)3)22(16-35)19-4-6-20(28)7-5-19/h4-7,16-18,21-23,27,36H,8-15H2,1-3H3/t18-,21+,22?,23-,27?/m1/s1. The lowest BCUT2D eigenvalue weighted by Crippen LogP contribution is -2.58. The van der Waals surface area contributed by atoms with Gasteiger partial charge in [0.1, 0.15) is 18.4 Å². The first-order valence-corrected chi connectivity index (χ1v) is 13.4. The lowest BCUT2D eigenvalue weighted by atomic mass is 9.95. The van der Waals surface area contributed by atoms with Gasteiger partial charge in [-0.05, 0) is 50.6 Å². The van der Waals surface area contributed by atoms with E-state index in [1.165, 1.54) is 0 Å². The summed E-state index contributed by atoms with van der Waals surface area (Å²) >= 11 is 6.16. The second-order valence-electron chi connectivity index (χ2n) is 10.7. The van der Waals surface area contributed by atoms with Crippen LogP contribution < -0.4 is 4.90 Å². The van der Waals surface area contributed by atoms with E-state index in [-0.39, 0.29) is 18.0 Å². The van der Waals surface area contributed by atoms with Gasteiger partial charge in [0.05, 0.1) is 23.9 Å². The number of anilines is 1. The zero-order valence-corrected chi connectivity index (χ0v) is 22.2. The van der Waals surface area contributed by atoms with E-state index in [0.717, 1.165) is 74.6 Å². The zero-order chi connectivity index (χ0) is 25.4. The number of likely N-dealkylation sites (N-methyl/N-ethyl adjacent to an activating group) is 1. The van der Waals surface area contributed by atoms with Crippen molar-refractivity contribution < 1.29 is 9.90 Å². The molecule has 0 bridgehead atoms. The number of piperazine rings is 1. The summed E-state index contributed by atoms with van der Waals surface area (Å²) in [5, 5.41) is 11.1. The number of rotatable bonds is 7. The van der Waals surface area contributed by atoms with E-state index in [1.807, 2.05) is 24.3 Å². The van der Waals surface area contributed by atoms with Crippen LogP contribution in [0.5, 0.6) is 0 Å². The lowest BCUT2D eigenvalue weighted by molar-refractivity contribution is -0.112. The van der Waals surface area contributed by atoms with E-state index in [0.29, 0.717) is 17.5 Å². The molecule has 2 aromatic rings. The van der Waals surface area contributed by atoms with Crippen molar-refractivity contribution in [3.63, 3.8) is 0 Å². The Bertz CT molecular complexity index is 1060. The highest BCUT2D eigenvalue weighted by Crippen LogP contribution is 2.43. The molecule has 2 unspecified atom stereocenters. The number of likely N-dealkylation sites (tertiary alicyclic amines) is 1. The van der Waals surface area contributed by atoms with Crippen LogP contribution in [0, 0.1) is 0 Å². The van der Waals surface area contributed by atoms with E-state index in [9.17, 15) is 9.90 Å².